The normalized spacial score (nSPS) is 20.0. The van der Waals surface area contributed by atoms with Crippen LogP contribution >= 0.6 is 11.8 Å². The van der Waals surface area contributed by atoms with Crippen molar-refractivity contribution in [3.8, 4) is 11.5 Å². The molecule has 1 fully saturated rings. The minimum absolute atomic E-state index is 0.0647. The van der Waals surface area contributed by atoms with E-state index in [1.165, 1.54) is 18.9 Å². The van der Waals surface area contributed by atoms with E-state index in [4.69, 9.17) is 14.2 Å². The predicted molar refractivity (Wildman–Crippen MR) is 115 cm³/mol. The predicted octanol–water partition coefficient (Wildman–Crippen LogP) is 2.63. The summed E-state index contributed by atoms with van der Waals surface area (Å²) in [5.74, 6) is 1.73. The average molecular weight is 429 g/mol. The summed E-state index contributed by atoms with van der Waals surface area (Å²) in [6.07, 6.45) is 0. The van der Waals surface area contributed by atoms with Gasteiger partial charge in [0, 0.05) is 25.0 Å². The Labute approximate surface area is 179 Å². The Morgan fingerprint density at radius 3 is 2.60 bits per heavy atom. The van der Waals surface area contributed by atoms with E-state index in [2.05, 4.69) is 0 Å². The highest BCUT2D eigenvalue weighted by molar-refractivity contribution is 8.01. The summed E-state index contributed by atoms with van der Waals surface area (Å²) >= 11 is 1.48. The molecule has 2 aliphatic rings. The number of hydrogen-bond acceptors (Lipinski definition) is 6. The third-order valence-electron chi connectivity index (χ3n) is 5.44. The number of hydrogen-bond donors (Lipinski definition) is 0. The smallest absolute Gasteiger partial charge is 0.268 e. The van der Waals surface area contributed by atoms with E-state index in [0.717, 1.165) is 22.6 Å². The molecule has 7 nitrogen and oxygen atoms in total. The van der Waals surface area contributed by atoms with Gasteiger partial charge >= 0.3 is 0 Å². The highest BCUT2D eigenvalue weighted by Gasteiger charge is 2.59. The maximum Gasteiger partial charge on any atom is 0.268 e. The van der Waals surface area contributed by atoms with Crippen molar-refractivity contribution in [2.75, 3.05) is 45.1 Å². The van der Waals surface area contributed by atoms with Crippen LogP contribution in [-0.2, 0) is 25.7 Å². The minimum Gasteiger partial charge on any atom is -0.497 e. The molecule has 0 saturated carbocycles. The van der Waals surface area contributed by atoms with Gasteiger partial charge in [0.2, 0.25) is 5.91 Å². The van der Waals surface area contributed by atoms with Crippen molar-refractivity contribution < 1.29 is 23.8 Å². The summed E-state index contributed by atoms with van der Waals surface area (Å²) in [6, 6.07) is 13.2. The Hall–Kier alpha value is -2.71. The summed E-state index contributed by atoms with van der Waals surface area (Å²) in [5, 5.41) is 0. The van der Waals surface area contributed by atoms with E-state index in [1.807, 2.05) is 42.5 Å². The van der Waals surface area contributed by atoms with Gasteiger partial charge in [-0.25, -0.2) is 0 Å². The molecule has 2 aliphatic heterocycles. The van der Waals surface area contributed by atoms with Gasteiger partial charge in [0.05, 0.1) is 26.5 Å². The number of anilines is 1. The number of thioether (sulfide) groups is 1. The summed E-state index contributed by atoms with van der Waals surface area (Å²) in [5.41, 5.74) is 2.51. The molecule has 0 aromatic heterocycles. The first-order valence-electron chi connectivity index (χ1n) is 9.62. The third kappa shape index (κ3) is 3.20. The summed E-state index contributed by atoms with van der Waals surface area (Å²) < 4.78 is 15.8. The maximum absolute atomic E-state index is 13.9. The van der Waals surface area contributed by atoms with Gasteiger partial charge in [0.25, 0.3) is 5.91 Å². The Morgan fingerprint density at radius 1 is 1.10 bits per heavy atom. The summed E-state index contributed by atoms with van der Waals surface area (Å²) in [6.45, 7) is 0.803. The minimum atomic E-state index is -1.10. The number of rotatable bonds is 6. The quantitative estimate of drug-likeness (QED) is 0.705. The zero-order valence-electron chi connectivity index (χ0n) is 17.2. The molecule has 2 amide bonds. The van der Waals surface area contributed by atoms with E-state index in [-0.39, 0.29) is 18.4 Å². The fourth-order valence-electron chi connectivity index (χ4n) is 4.09. The van der Waals surface area contributed by atoms with Crippen molar-refractivity contribution in [1.29, 1.82) is 0 Å². The molecule has 0 aliphatic carbocycles. The van der Waals surface area contributed by atoms with Crippen LogP contribution in [0.5, 0.6) is 11.5 Å². The first kappa shape index (κ1) is 20.6. The molecule has 158 valence electrons. The molecule has 0 radical (unpaired) electrons. The number of carbonyl (C=O) groups is 2. The van der Waals surface area contributed by atoms with E-state index >= 15 is 0 Å². The second-order valence-corrected chi connectivity index (χ2v) is 8.38. The lowest BCUT2D eigenvalue weighted by Gasteiger charge is -2.33. The standard InChI is InChI=1S/C22H24N2O5S/c1-27-14-20(25)24-9-10-30-22(24)18-12-17(29-3)7-8-19(18)23(21(22)26)13-15-5-4-6-16(11-15)28-2/h4-8,11-12H,9-10,13-14H2,1-3H3/t22-/m1/s1. The lowest BCUT2D eigenvalue weighted by molar-refractivity contribution is -0.143. The van der Waals surface area contributed by atoms with Crippen LogP contribution in [0.25, 0.3) is 0 Å². The molecule has 30 heavy (non-hydrogen) atoms. The first-order valence-corrected chi connectivity index (χ1v) is 10.6. The van der Waals surface area contributed by atoms with E-state index in [1.54, 1.807) is 24.0 Å². The number of carbonyl (C=O) groups excluding carboxylic acids is 2. The van der Waals surface area contributed by atoms with Crippen molar-refractivity contribution >= 4 is 29.3 Å². The Balaban J connectivity index is 1.79. The molecular weight excluding hydrogens is 404 g/mol. The number of benzene rings is 2. The van der Waals surface area contributed by atoms with Crippen LogP contribution in [0.2, 0.25) is 0 Å². The molecule has 1 spiro atoms. The fraction of sp³-hybridized carbons (Fsp3) is 0.364. The molecule has 0 bridgehead atoms. The van der Waals surface area contributed by atoms with Gasteiger partial charge in [-0.05, 0) is 35.9 Å². The van der Waals surface area contributed by atoms with Crippen molar-refractivity contribution in [3.63, 3.8) is 0 Å². The largest absolute Gasteiger partial charge is 0.497 e. The molecular formula is C22H24N2O5S. The average Bonchev–Trinajstić information content (AvgIpc) is 3.31. The topological polar surface area (TPSA) is 68.3 Å². The highest BCUT2D eigenvalue weighted by Crippen LogP contribution is 2.55. The second kappa shape index (κ2) is 8.20. The Bertz CT molecular complexity index is 982. The molecule has 0 N–H and O–H groups in total. The van der Waals surface area contributed by atoms with Crippen LogP contribution in [0.4, 0.5) is 5.69 Å². The Morgan fingerprint density at radius 2 is 1.87 bits per heavy atom. The van der Waals surface area contributed by atoms with E-state index in [0.29, 0.717) is 24.6 Å². The highest BCUT2D eigenvalue weighted by atomic mass is 32.2. The third-order valence-corrected chi connectivity index (χ3v) is 6.86. The second-order valence-electron chi connectivity index (χ2n) is 7.10. The van der Waals surface area contributed by atoms with Crippen molar-refractivity contribution in [2.24, 2.45) is 0 Å². The van der Waals surface area contributed by atoms with Gasteiger partial charge in [-0.3, -0.25) is 9.59 Å². The number of nitrogens with zero attached hydrogens (tertiary/aromatic N) is 2. The monoisotopic (exact) mass is 428 g/mol. The van der Waals surface area contributed by atoms with Crippen LogP contribution < -0.4 is 14.4 Å². The molecule has 2 heterocycles. The lowest BCUT2D eigenvalue weighted by atomic mass is 10.1. The van der Waals surface area contributed by atoms with Crippen LogP contribution in [0.3, 0.4) is 0 Å². The van der Waals surface area contributed by atoms with Gasteiger partial charge in [0.1, 0.15) is 18.1 Å². The van der Waals surface area contributed by atoms with Crippen LogP contribution in [0.1, 0.15) is 11.1 Å². The van der Waals surface area contributed by atoms with Gasteiger partial charge in [-0.2, -0.15) is 0 Å². The summed E-state index contributed by atoms with van der Waals surface area (Å²) in [7, 11) is 4.69. The molecule has 1 saturated heterocycles. The number of fused-ring (bicyclic) bond motifs is 2. The molecule has 1 atom stereocenters. The first-order chi connectivity index (χ1) is 14.5. The molecule has 0 unspecified atom stereocenters. The number of methoxy groups -OCH3 is 3. The van der Waals surface area contributed by atoms with Crippen LogP contribution in [0.15, 0.2) is 42.5 Å². The Kier molecular flexibility index (Phi) is 5.62. The molecule has 2 aromatic rings. The zero-order chi connectivity index (χ0) is 21.3. The lowest BCUT2D eigenvalue weighted by Crippen LogP contribution is -2.51. The van der Waals surface area contributed by atoms with E-state index < -0.39 is 4.87 Å². The zero-order valence-corrected chi connectivity index (χ0v) is 18.0. The SMILES string of the molecule is COCC(=O)N1CCS[C@]12C(=O)N(Cc1cccc(OC)c1)c1ccc(OC)cc12. The molecule has 4 rings (SSSR count). The van der Waals surface area contributed by atoms with Crippen molar-refractivity contribution in [1.82, 2.24) is 4.90 Å². The van der Waals surface area contributed by atoms with Gasteiger partial charge < -0.3 is 24.0 Å². The molecule has 2 aromatic carbocycles. The number of ether oxygens (including phenoxy) is 3. The van der Waals surface area contributed by atoms with Gasteiger partial charge in [-0.15, -0.1) is 11.8 Å². The summed E-state index contributed by atoms with van der Waals surface area (Å²) in [4.78, 5) is 29.0. The maximum atomic E-state index is 13.9. The van der Waals surface area contributed by atoms with E-state index in [9.17, 15) is 9.59 Å². The van der Waals surface area contributed by atoms with Crippen molar-refractivity contribution in [3.05, 3.63) is 53.6 Å². The van der Waals surface area contributed by atoms with Gasteiger partial charge in [-0.1, -0.05) is 12.1 Å². The number of amides is 2. The van der Waals surface area contributed by atoms with Gasteiger partial charge in [0.15, 0.2) is 4.87 Å². The van der Waals surface area contributed by atoms with Crippen molar-refractivity contribution in [2.45, 2.75) is 11.4 Å². The van der Waals surface area contributed by atoms with Crippen LogP contribution in [-0.4, -0.2) is 56.9 Å². The fourth-order valence-corrected chi connectivity index (χ4v) is 5.56. The van der Waals surface area contributed by atoms with Crippen LogP contribution in [0, 0.1) is 0 Å². The molecule has 8 heteroatoms.